The molecule has 38 heavy (non-hydrogen) atoms. The molecule has 1 saturated heterocycles. The van der Waals surface area contributed by atoms with Crippen LogP contribution in [0.1, 0.15) is 59.9 Å². The maximum Gasteiger partial charge on any atom is 0.226 e. The lowest BCUT2D eigenvalue weighted by atomic mass is 9.96. The molecule has 5 rings (SSSR count). The number of amides is 1. The van der Waals surface area contributed by atoms with Gasteiger partial charge in [-0.2, -0.15) is 0 Å². The van der Waals surface area contributed by atoms with Crippen LogP contribution < -0.4 is 15.5 Å². The number of thiocarbonyl (C=S) groups is 1. The monoisotopic (exact) mass is 527 g/mol. The number of anilines is 2. The molecular weight excluding hydrogens is 494 g/mol. The number of hydrogen-bond acceptors (Lipinski definition) is 4. The largest absolute Gasteiger partial charge is 0.467 e. The number of furan rings is 1. The van der Waals surface area contributed by atoms with Gasteiger partial charge in [-0.25, -0.2) is 0 Å². The lowest BCUT2D eigenvalue weighted by Crippen LogP contribution is -2.29. The number of carbonyl (C=O) groups excluding carboxylic acids is 1. The molecule has 7 nitrogen and oxygen atoms in total. The maximum atomic E-state index is 12.3. The van der Waals surface area contributed by atoms with Crippen LogP contribution in [0.2, 0.25) is 0 Å². The molecule has 2 atom stereocenters. The van der Waals surface area contributed by atoms with Crippen LogP contribution in [-0.4, -0.2) is 20.6 Å². The molecule has 1 amide bonds. The number of nitrogens with one attached hydrogen (secondary N) is 2. The molecule has 2 N–H and O–H groups in total. The van der Waals surface area contributed by atoms with Crippen molar-refractivity contribution in [2.24, 2.45) is 5.92 Å². The maximum absolute atomic E-state index is 12.3. The third-order valence-corrected chi connectivity index (χ3v) is 7.51. The van der Waals surface area contributed by atoms with Crippen LogP contribution in [0.3, 0.4) is 0 Å². The molecule has 0 saturated carbocycles. The van der Waals surface area contributed by atoms with Gasteiger partial charge in [0, 0.05) is 34.9 Å². The highest BCUT2D eigenvalue weighted by Crippen LogP contribution is 2.44. The molecule has 1 aliphatic rings. The fraction of sp³-hybridized carbons (Fsp3) is 0.300. The molecule has 4 heterocycles. The fourth-order valence-electron chi connectivity index (χ4n) is 5.09. The number of rotatable bonds is 7. The molecule has 1 fully saturated rings. The Morgan fingerprint density at radius 3 is 2.61 bits per heavy atom. The van der Waals surface area contributed by atoms with Crippen LogP contribution in [0.5, 0.6) is 0 Å². The van der Waals surface area contributed by atoms with E-state index in [1.807, 2.05) is 69.4 Å². The van der Waals surface area contributed by atoms with Crippen molar-refractivity contribution in [2.45, 2.75) is 53.2 Å². The lowest BCUT2D eigenvalue weighted by Gasteiger charge is -2.29. The van der Waals surface area contributed by atoms with Gasteiger partial charge in [0.1, 0.15) is 5.76 Å². The van der Waals surface area contributed by atoms with E-state index in [0.29, 0.717) is 11.7 Å². The summed E-state index contributed by atoms with van der Waals surface area (Å²) in [6.07, 6.45) is 3.52. The Hall–Kier alpha value is -3.91. The van der Waals surface area contributed by atoms with Gasteiger partial charge in [-0.15, -0.1) is 0 Å². The first-order chi connectivity index (χ1) is 18.2. The second kappa shape index (κ2) is 10.5. The zero-order valence-electron chi connectivity index (χ0n) is 22.4. The van der Waals surface area contributed by atoms with Gasteiger partial charge in [-0.05, 0) is 92.6 Å². The molecule has 4 aromatic rings. The Morgan fingerprint density at radius 2 is 1.95 bits per heavy atom. The number of aromatic nitrogens is 2. The van der Waals surface area contributed by atoms with Crippen LogP contribution in [-0.2, 0) is 11.3 Å². The Balaban J connectivity index is 1.58. The van der Waals surface area contributed by atoms with E-state index >= 15 is 0 Å². The topological polar surface area (TPSA) is 75.3 Å². The number of aryl methyl sites for hydroxylation is 2. The minimum atomic E-state index is -0.137. The molecule has 1 aliphatic heterocycles. The highest BCUT2D eigenvalue weighted by molar-refractivity contribution is 7.80. The fourth-order valence-corrected chi connectivity index (χ4v) is 5.44. The number of benzene rings is 1. The van der Waals surface area contributed by atoms with Crippen LogP contribution in [0.15, 0.2) is 71.5 Å². The highest BCUT2D eigenvalue weighted by Gasteiger charge is 2.42. The molecule has 0 aliphatic carbocycles. The Morgan fingerprint density at radius 1 is 1.13 bits per heavy atom. The molecule has 0 unspecified atom stereocenters. The molecule has 3 aromatic heterocycles. The lowest BCUT2D eigenvalue weighted by molar-refractivity contribution is -0.118. The van der Waals surface area contributed by atoms with E-state index in [1.54, 1.807) is 6.26 Å². The second-order valence-electron chi connectivity index (χ2n) is 10.1. The highest BCUT2D eigenvalue weighted by atomic mass is 32.1. The summed E-state index contributed by atoms with van der Waals surface area (Å²) in [5.41, 5.74) is 7.14. The van der Waals surface area contributed by atoms with Crippen LogP contribution in [0.25, 0.3) is 0 Å². The summed E-state index contributed by atoms with van der Waals surface area (Å²) < 4.78 is 7.92. The van der Waals surface area contributed by atoms with Crippen molar-refractivity contribution in [2.75, 3.05) is 10.2 Å². The molecule has 0 spiro atoms. The van der Waals surface area contributed by atoms with Crippen molar-refractivity contribution in [1.82, 2.24) is 14.9 Å². The van der Waals surface area contributed by atoms with E-state index in [1.165, 1.54) is 5.56 Å². The van der Waals surface area contributed by atoms with Gasteiger partial charge in [-0.1, -0.05) is 19.9 Å². The van der Waals surface area contributed by atoms with E-state index in [-0.39, 0.29) is 23.9 Å². The van der Waals surface area contributed by atoms with E-state index in [2.05, 4.69) is 51.1 Å². The Kier molecular flexibility index (Phi) is 7.08. The van der Waals surface area contributed by atoms with Crippen LogP contribution in [0.4, 0.5) is 11.4 Å². The summed E-state index contributed by atoms with van der Waals surface area (Å²) in [7, 11) is 0. The van der Waals surface area contributed by atoms with E-state index in [0.717, 1.165) is 39.8 Å². The van der Waals surface area contributed by atoms with Crippen molar-refractivity contribution < 1.29 is 9.21 Å². The molecule has 8 heteroatoms. The van der Waals surface area contributed by atoms with Crippen LogP contribution in [0, 0.1) is 26.7 Å². The van der Waals surface area contributed by atoms with Crippen molar-refractivity contribution in [1.29, 1.82) is 0 Å². The average molecular weight is 528 g/mol. The van der Waals surface area contributed by atoms with Gasteiger partial charge in [0.15, 0.2) is 5.11 Å². The molecule has 0 bridgehead atoms. The summed E-state index contributed by atoms with van der Waals surface area (Å²) in [5.74, 6) is 0.812. The number of carbonyl (C=O) groups is 1. The molecular formula is C30H33N5O2S. The third kappa shape index (κ3) is 4.84. The summed E-state index contributed by atoms with van der Waals surface area (Å²) in [6, 6.07) is 17.9. The normalized spacial score (nSPS) is 17.2. The van der Waals surface area contributed by atoms with Gasteiger partial charge >= 0.3 is 0 Å². The standard InChI is InChI=1S/C30H33N5O2S/c1-18(2)29(36)32-25-12-11-22(15-19(25)3)35-28(27(33-30(35)38)26-10-6-7-13-31-26)24-16-20(4)34(21(24)5)17-23-9-8-14-37-23/h6-16,18,27-28H,17H2,1-5H3,(H,32,36)(H,33,38)/t27-,28-/m0/s1. The minimum Gasteiger partial charge on any atom is -0.467 e. The molecule has 0 radical (unpaired) electrons. The van der Waals surface area contributed by atoms with Gasteiger partial charge in [0.25, 0.3) is 0 Å². The molecule has 196 valence electrons. The van der Waals surface area contributed by atoms with E-state index in [4.69, 9.17) is 16.6 Å². The summed E-state index contributed by atoms with van der Waals surface area (Å²) >= 11 is 5.93. The van der Waals surface area contributed by atoms with Gasteiger partial charge in [0.05, 0.1) is 30.6 Å². The quantitative estimate of drug-likeness (QED) is 0.278. The van der Waals surface area contributed by atoms with E-state index < -0.39 is 0 Å². The summed E-state index contributed by atoms with van der Waals surface area (Å²) in [6.45, 7) is 10.7. The zero-order valence-corrected chi connectivity index (χ0v) is 23.2. The van der Waals surface area contributed by atoms with Crippen molar-refractivity contribution in [3.8, 4) is 0 Å². The summed E-state index contributed by atoms with van der Waals surface area (Å²) in [5, 5.41) is 7.22. The van der Waals surface area contributed by atoms with E-state index in [9.17, 15) is 4.79 Å². The predicted molar refractivity (Wildman–Crippen MR) is 154 cm³/mol. The number of nitrogens with zero attached hydrogens (tertiary/aromatic N) is 3. The van der Waals surface area contributed by atoms with Gasteiger partial charge < -0.3 is 24.5 Å². The number of hydrogen-bond donors (Lipinski definition) is 2. The average Bonchev–Trinajstić information content (AvgIpc) is 3.60. The smallest absolute Gasteiger partial charge is 0.226 e. The van der Waals surface area contributed by atoms with Gasteiger partial charge in [-0.3, -0.25) is 9.78 Å². The third-order valence-electron chi connectivity index (χ3n) is 7.19. The van der Waals surface area contributed by atoms with Crippen molar-refractivity contribution >= 4 is 34.6 Å². The second-order valence-corrected chi connectivity index (χ2v) is 10.5. The summed E-state index contributed by atoms with van der Waals surface area (Å²) in [4.78, 5) is 19.2. The SMILES string of the molecule is Cc1cc(N2C(=S)N[C@@H](c3ccccn3)[C@@H]2c2cc(C)n(Cc3ccco3)c2C)ccc1NC(=O)C(C)C. The number of pyridine rings is 1. The predicted octanol–water partition coefficient (Wildman–Crippen LogP) is 6.22. The first-order valence-corrected chi connectivity index (χ1v) is 13.3. The molecule has 1 aromatic carbocycles. The van der Waals surface area contributed by atoms with Gasteiger partial charge in [0.2, 0.25) is 5.91 Å². The van der Waals surface area contributed by atoms with Crippen LogP contribution >= 0.6 is 12.2 Å². The minimum absolute atomic E-state index is 0.00343. The first-order valence-electron chi connectivity index (χ1n) is 12.9. The Bertz CT molecular complexity index is 1460. The zero-order chi connectivity index (χ0) is 27.0. The van der Waals surface area contributed by atoms with Crippen molar-refractivity contribution in [3.63, 3.8) is 0 Å². The first kappa shape index (κ1) is 25.7. The Labute approximate surface area is 228 Å². The van der Waals surface area contributed by atoms with Crippen molar-refractivity contribution in [3.05, 3.63) is 101 Å².